The van der Waals surface area contributed by atoms with E-state index in [1.165, 1.54) is 25.7 Å². The van der Waals surface area contributed by atoms with Gasteiger partial charge >= 0.3 is 0 Å². The summed E-state index contributed by atoms with van der Waals surface area (Å²) in [5.74, 6) is 0. The third kappa shape index (κ3) is 8.57. The van der Waals surface area contributed by atoms with Crippen molar-refractivity contribution >= 4 is 0 Å². The van der Waals surface area contributed by atoms with Crippen LogP contribution >= 0.6 is 0 Å². The highest BCUT2D eigenvalue weighted by molar-refractivity contribution is 5.13. The summed E-state index contributed by atoms with van der Waals surface area (Å²) in [6, 6.07) is 10.0. The third-order valence-electron chi connectivity index (χ3n) is 2.98. The molecule has 0 aliphatic rings. The standard InChI is InChI=1S/C17H26O2/c1-2-3-4-5-6-10-13-17(18)15-19-14-16-11-8-7-9-12-16/h7-13,17-18H,2-6,14-15H2,1H3/b13-10+/t17-/m0/s1. The van der Waals surface area contributed by atoms with Crippen molar-refractivity contribution in [1.29, 1.82) is 0 Å². The molecule has 0 amide bonds. The van der Waals surface area contributed by atoms with Crippen LogP contribution in [0.4, 0.5) is 0 Å². The molecular formula is C17H26O2. The molecule has 19 heavy (non-hydrogen) atoms. The highest BCUT2D eigenvalue weighted by Gasteiger charge is 1.99. The Morgan fingerprint density at radius 1 is 1.16 bits per heavy atom. The van der Waals surface area contributed by atoms with Gasteiger partial charge in [-0.3, -0.25) is 0 Å². The number of unbranched alkanes of at least 4 members (excludes halogenated alkanes) is 4. The molecule has 0 radical (unpaired) electrons. The Hall–Kier alpha value is -1.12. The number of aliphatic hydroxyl groups is 1. The number of aliphatic hydroxyl groups excluding tert-OH is 1. The molecule has 0 aromatic heterocycles. The highest BCUT2D eigenvalue weighted by Crippen LogP contribution is 2.04. The van der Waals surface area contributed by atoms with E-state index in [0.717, 1.165) is 12.0 Å². The summed E-state index contributed by atoms with van der Waals surface area (Å²) in [5.41, 5.74) is 1.14. The molecule has 2 heteroatoms. The van der Waals surface area contributed by atoms with Crippen LogP contribution in [0, 0.1) is 0 Å². The molecule has 1 aromatic carbocycles. The predicted molar refractivity (Wildman–Crippen MR) is 80.0 cm³/mol. The van der Waals surface area contributed by atoms with Crippen molar-refractivity contribution in [1.82, 2.24) is 0 Å². The summed E-state index contributed by atoms with van der Waals surface area (Å²) >= 11 is 0. The zero-order chi connectivity index (χ0) is 13.8. The minimum atomic E-state index is -0.491. The van der Waals surface area contributed by atoms with Crippen molar-refractivity contribution in [2.24, 2.45) is 0 Å². The maximum Gasteiger partial charge on any atom is 0.0954 e. The number of benzene rings is 1. The van der Waals surface area contributed by atoms with E-state index in [2.05, 4.69) is 13.0 Å². The first kappa shape index (κ1) is 15.9. The average Bonchev–Trinajstić information content (AvgIpc) is 2.44. The van der Waals surface area contributed by atoms with Gasteiger partial charge in [0.15, 0.2) is 0 Å². The minimum Gasteiger partial charge on any atom is -0.387 e. The molecular weight excluding hydrogens is 236 g/mol. The highest BCUT2D eigenvalue weighted by atomic mass is 16.5. The summed E-state index contributed by atoms with van der Waals surface area (Å²) in [6.07, 6.45) is 9.52. The molecule has 1 aromatic rings. The Morgan fingerprint density at radius 3 is 2.68 bits per heavy atom. The van der Waals surface area contributed by atoms with E-state index in [1.54, 1.807) is 0 Å². The van der Waals surface area contributed by atoms with Crippen molar-refractivity contribution in [3.8, 4) is 0 Å². The van der Waals surface area contributed by atoms with E-state index < -0.39 is 6.10 Å². The zero-order valence-electron chi connectivity index (χ0n) is 11.9. The van der Waals surface area contributed by atoms with Crippen molar-refractivity contribution in [2.75, 3.05) is 6.61 Å². The first-order valence-electron chi connectivity index (χ1n) is 7.29. The van der Waals surface area contributed by atoms with Gasteiger partial charge in [-0.15, -0.1) is 0 Å². The molecule has 0 aliphatic carbocycles. The summed E-state index contributed by atoms with van der Waals surface area (Å²) in [7, 11) is 0. The maximum atomic E-state index is 9.72. The lowest BCUT2D eigenvalue weighted by Gasteiger charge is -2.07. The van der Waals surface area contributed by atoms with Crippen molar-refractivity contribution in [3.63, 3.8) is 0 Å². The molecule has 0 bridgehead atoms. The van der Waals surface area contributed by atoms with E-state index in [0.29, 0.717) is 13.2 Å². The van der Waals surface area contributed by atoms with Gasteiger partial charge in [-0.1, -0.05) is 68.7 Å². The normalized spacial score (nSPS) is 12.9. The molecule has 2 nitrogen and oxygen atoms in total. The number of rotatable bonds is 10. The molecule has 0 heterocycles. The van der Waals surface area contributed by atoms with Gasteiger partial charge in [0.05, 0.1) is 19.3 Å². The lowest BCUT2D eigenvalue weighted by molar-refractivity contribution is 0.0502. The Balaban J connectivity index is 2.04. The number of hydrogen-bond acceptors (Lipinski definition) is 2. The van der Waals surface area contributed by atoms with Gasteiger partial charge in [0.25, 0.3) is 0 Å². The van der Waals surface area contributed by atoms with Crippen LogP contribution < -0.4 is 0 Å². The van der Waals surface area contributed by atoms with Gasteiger partial charge in [-0.2, -0.15) is 0 Å². The topological polar surface area (TPSA) is 29.5 Å². The van der Waals surface area contributed by atoms with Gasteiger partial charge in [0, 0.05) is 0 Å². The largest absolute Gasteiger partial charge is 0.387 e. The number of ether oxygens (including phenoxy) is 1. The van der Waals surface area contributed by atoms with Crippen LogP contribution in [-0.2, 0) is 11.3 Å². The second-order valence-corrected chi connectivity index (χ2v) is 4.85. The fraction of sp³-hybridized carbons (Fsp3) is 0.529. The van der Waals surface area contributed by atoms with Gasteiger partial charge in [-0.05, 0) is 18.4 Å². The van der Waals surface area contributed by atoms with Crippen LogP contribution in [0.25, 0.3) is 0 Å². The summed E-state index contributed by atoms with van der Waals surface area (Å²) in [6.45, 7) is 3.13. The van der Waals surface area contributed by atoms with Crippen LogP contribution in [-0.4, -0.2) is 17.8 Å². The second kappa shape index (κ2) is 10.8. The van der Waals surface area contributed by atoms with Gasteiger partial charge in [-0.25, -0.2) is 0 Å². The molecule has 0 aliphatic heterocycles. The van der Waals surface area contributed by atoms with E-state index >= 15 is 0 Å². The predicted octanol–water partition coefficient (Wildman–Crippen LogP) is 4.09. The zero-order valence-corrected chi connectivity index (χ0v) is 11.9. The van der Waals surface area contributed by atoms with E-state index in [4.69, 9.17) is 4.74 Å². The Kier molecular flexibility index (Phi) is 9.03. The first-order valence-corrected chi connectivity index (χ1v) is 7.29. The van der Waals surface area contributed by atoms with Crippen LogP contribution in [0.1, 0.15) is 44.6 Å². The van der Waals surface area contributed by atoms with Crippen LogP contribution in [0.15, 0.2) is 42.5 Å². The van der Waals surface area contributed by atoms with Gasteiger partial charge in [0.2, 0.25) is 0 Å². The van der Waals surface area contributed by atoms with Gasteiger partial charge < -0.3 is 9.84 Å². The van der Waals surface area contributed by atoms with E-state index in [9.17, 15) is 5.11 Å². The molecule has 0 fully saturated rings. The molecule has 0 saturated heterocycles. The maximum absolute atomic E-state index is 9.72. The molecule has 1 atom stereocenters. The van der Waals surface area contributed by atoms with E-state index in [1.807, 2.05) is 36.4 Å². The van der Waals surface area contributed by atoms with Gasteiger partial charge in [0.1, 0.15) is 0 Å². The number of allylic oxidation sites excluding steroid dienone is 1. The van der Waals surface area contributed by atoms with Crippen molar-refractivity contribution < 1.29 is 9.84 Å². The fourth-order valence-electron chi connectivity index (χ4n) is 1.87. The second-order valence-electron chi connectivity index (χ2n) is 4.85. The fourth-order valence-corrected chi connectivity index (χ4v) is 1.87. The Bertz CT molecular complexity index is 332. The summed E-state index contributed by atoms with van der Waals surface area (Å²) in [4.78, 5) is 0. The summed E-state index contributed by atoms with van der Waals surface area (Å²) in [5, 5.41) is 9.72. The summed E-state index contributed by atoms with van der Waals surface area (Å²) < 4.78 is 5.48. The van der Waals surface area contributed by atoms with Crippen molar-refractivity contribution in [3.05, 3.63) is 48.0 Å². The molecule has 1 rings (SSSR count). The monoisotopic (exact) mass is 262 g/mol. The lowest BCUT2D eigenvalue weighted by Crippen LogP contribution is -2.12. The molecule has 0 saturated carbocycles. The SMILES string of the molecule is CCCCCC/C=C/[C@H](O)COCc1ccccc1. The molecule has 0 spiro atoms. The Morgan fingerprint density at radius 2 is 1.95 bits per heavy atom. The molecule has 106 valence electrons. The van der Waals surface area contributed by atoms with Crippen LogP contribution in [0.2, 0.25) is 0 Å². The lowest BCUT2D eigenvalue weighted by atomic mass is 10.1. The Labute approximate surface area is 117 Å². The smallest absolute Gasteiger partial charge is 0.0954 e. The first-order chi connectivity index (χ1) is 9.33. The number of hydrogen-bond donors (Lipinski definition) is 1. The van der Waals surface area contributed by atoms with E-state index in [-0.39, 0.29) is 0 Å². The average molecular weight is 262 g/mol. The minimum absolute atomic E-state index is 0.361. The quantitative estimate of drug-likeness (QED) is 0.508. The molecule has 0 unspecified atom stereocenters. The van der Waals surface area contributed by atoms with Crippen LogP contribution in [0.3, 0.4) is 0 Å². The van der Waals surface area contributed by atoms with Crippen LogP contribution in [0.5, 0.6) is 0 Å². The van der Waals surface area contributed by atoms with Crippen molar-refractivity contribution in [2.45, 2.75) is 51.7 Å². The molecule has 1 N–H and O–H groups in total. The third-order valence-corrected chi connectivity index (χ3v) is 2.98.